The number of benzene rings is 1. The molecular weight excluding hydrogens is 244 g/mol. The van der Waals surface area contributed by atoms with E-state index < -0.39 is 0 Å². The van der Waals surface area contributed by atoms with E-state index in [-0.39, 0.29) is 5.91 Å². The van der Waals surface area contributed by atoms with Crippen molar-refractivity contribution < 1.29 is 14.3 Å². The second-order valence-electron chi connectivity index (χ2n) is 3.96. The van der Waals surface area contributed by atoms with E-state index in [1.54, 1.807) is 36.3 Å². The Morgan fingerprint density at radius 3 is 2.79 bits per heavy atom. The van der Waals surface area contributed by atoms with E-state index in [1.165, 1.54) is 7.11 Å². The lowest BCUT2D eigenvalue weighted by Crippen LogP contribution is -2.34. The Kier molecular flexibility index (Phi) is 5.89. The number of methoxy groups -OCH3 is 2. The van der Waals surface area contributed by atoms with Crippen molar-refractivity contribution in [2.24, 2.45) is 0 Å². The van der Waals surface area contributed by atoms with Crippen LogP contribution in [-0.4, -0.2) is 44.7 Å². The number of nitrogen functional groups attached to an aromatic ring is 1. The highest BCUT2D eigenvalue weighted by Crippen LogP contribution is 2.26. The Morgan fingerprint density at radius 2 is 2.21 bits per heavy atom. The number of ether oxygens (including phenoxy) is 2. The lowest BCUT2D eigenvalue weighted by Gasteiger charge is -2.22. The second kappa shape index (κ2) is 7.43. The number of hydrogen-bond donors (Lipinski definition) is 1. The predicted molar refractivity (Wildman–Crippen MR) is 75.4 cm³/mol. The predicted octanol–water partition coefficient (Wildman–Crippen LogP) is 1.55. The van der Waals surface area contributed by atoms with Gasteiger partial charge in [0, 0.05) is 20.2 Å². The van der Waals surface area contributed by atoms with Gasteiger partial charge in [-0.2, -0.15) is 0 Å². The molecule has 0 atom stereocenters. The van der Waals surface area contributed by atoms with Crippen LogP contribution in [-0.2, 0) is 4.74 Å². The van der Waals surface area contributed by atoms with Crippen LogP contribution in [0.5, 0.6) is 5.75 Å². The summed E-state index contributed by atoms with van der Waals surface area (Å²) in [5.41, 5.74) is 6.69. The van der Waals surface area contributed by atoms with E-state index in [4.69, 9.17) is 15.2 Å². The average molecular weight is 264 g/mol. The molecule has 0 bridgehead atoms. The van der Waals surface area contributed by atoms with E-state index in [9.17, 15) is 4.79 Å². The van der Waals surface area contributed by atoms with E-state index in [2.05, 4.69) is 6.58 Å². The van der Waals surface area contributed by atoms with Crippen molar-refractivity contribution in [3.05, 3.63) is 36.4 Å². The molecule has 1 rings (SSSR count). The second-order valence-corrected chi connectivity index (χ2v) is 3.96. The number of anilines is 1. The highest BCUT2D eigenvalue weighted by Gasteiger charge is 2.19. The first-order chi connectivity index (χ1) is 9.15. The molecule has 0 heterocycles. The molecule has 0 unspecified atom stereocenters. The van der Waals surface area contributed by atoms with Crippen molar-refractivity contribution >= 4 is 11.6 Å². The molecule has 0 saturated carbocycles. The van der Waals surface area contributed by atoms with Crippen molar-refractivity contribution in [3.8, 4) is 5.75 Å². The highest BCUT2D eigenvalue weighted by atomic mass is 16.5. The summed E-state index contributed by atoms with van der Waals surface area (Å²) in [6, 6.07) is 5.12. The fourth-order valence-corrected chi connectivity index (χ4v) is 1.75. The van der Waals surface area contributed by atoms with Crippen molar-refractivity contribution in [2.45, 2.75) is 0 Å². The summed E-state index contributed by atoms with van der Waals surface area (Å²) < 4.78 is 10.2. The highest BCUT2D eigenvalue weighted by molar-refractivity contribution is 5.98. The topological polar surface area (TPSA) is 64.8 Å². The zero-order valence-corrected chi connectivity index (χ0v) is 11.4. The van der Waals surface area contributed by atoms with Gasteiger partial charge in [0.25, 0.3) is 5.91 Å². The molecule has 0 fully saturated rings. The van der Waals surface area contributed by atoms with E-state index in [0.717, 1.165) is 0 Å². The third-order valence-corrected chi connectivity index (χ3v) is 2.68. The molecule has 104 valence electrons. The maximum absolute atomic E-state index is 12.5. The summed E-state index contributed by atoms with van der Waals surface area (Å²) in [5, 5.41) is 0. The van der Waals surface area contributed by atoms with E-state index in [0.29, 0.717) is 36.7 Å². The largest absolute Gasteiger partial charge is 0.494 e. The fourth-order valence-electron chi connectivity index (χ4n) is 1.75. The van der Waals surface area contributed by atoms with Crippen LogP contribution in [0.25, 0.3) is 0 Å². The molecule has 0 spiro atoms. The lowest BCUT2D eigenvalue weighted by molar-refractivity contribution is 0.0715. The Morgan fingerprint density at radius 1 is 1.47 bits per heavy atom. The fraction of sp³-hybridized carbons (Fsp3) is 0.357. The van der Waals surface area contributed by atoms with Gasteiger partial charge in [-0.05, 0) is 12.1 Å². The van der Waals surface area contributed by atoms with Crippen molar-refractivity contribution in [1.29, 1.82) is 0 Å². The Bertz CT molecular complexity index is 446. The monoisotopic (exact) mass is 264 g/mol. The van der Waals surface area contributed by atoms with Crippen LogP contribution in [0.2, 0.25) is 0 Å². The van der Waals surface area contributed by atoms with Gasteiger partial charge in [-0.3, -0.25) is 4.79 Å². The van der Waals surface area contributed by atoms with Crippen LogP contribution < -0.4 is 10.5 Å². The van der Waals surface area contributed by atoms with Gasteiger partial charge in [-0.25, -0.2) is 0 Å². The summed E-state index contributed by atoms with van der Waals surface area (Å²) in [4.78, 5) is 14.1. The molecule has 0 aliphatic carbocycles. The first-order valence-corrected chi connectivity index (χ1v) is 5.97. The number of carbonyl (C=O) groups excluding carboxylic acids is 1. The summed E-state index contributed by atoms with van der Waals surface area (Å²) in [7, 11) is 3.09. The average Bonchev–Trinajstić information content (AvgIpc) is 2.42. The molecule has 1 aromatic rings. The Balaban J connectivity index is 3.01. The first kappa shape index (κ1) is 15.0. The SMILES string of the molecule is C=CCN(CCOC)C(=O)c1cccc(N)c1OC. The molecule has 19 heavy (non-hydrogen) atoms. The van der Waals surface area contributed by atoms with Crippen molar-refractivity contribution in [2.75, 3.05) is 39.6 Å². The van der Waals surface area contributed by atoms with Gasteiger partial charge in [0.1, 0.15) is 0 Å². The molecule has 2 N–H and O–H groups in total. The lowest BCUT2D eigenvalue weighted by atomic mass is 10.1. The Hall–Kier alpha value is -2.01. The standard InChI is InChI=1S/C14H20N2O3/c1-4-8-16(9-10-18-2)14(17)11-6-5-7-12(15)13(11)19-3/h4-7H,1,8-10,15H2,2-3H3. The smallest absolute Gasteiger partial charge is 0.258 e. The zero-order valence-electron chi connectivity index (χ0n) is 11.4. The van der Waals surface area contributed by atoms with Crippen LogP contribution in [0.4, 0.5) is 5.69 Å². The van der Waals surface area contributed by atoms with Gasteiger partial charge in [0.15, 0.2) is 5.75 Å². The maximum atomic E-state index is 12.5. The number of nitrogens with zero attached hydrogens (tertiary/aromatic N) is 1. The minimum absolute atomic E-state index is 0.152. The normalized spacial score (nSPS) is 10.0. The molecule has 0 aromatic heterocycles. The molecule has 5 nitrogen and oxygen atoms in total. The number of para-hydroxylation sites is 1. The zero-order chi connectivity index (χ0) is 14.3. The quantitative estimate of drug-likeness (QED) is 0.599. The van der Waals surface area contributed by atoms with Crippen LogP contribution >= 0.6 is 0 Å². The number of hydrogen-bond acceptors (Lipinski definition) is 4. The van der Waals surface area contributed by atoms with Crippen LogP contribution in [0.3, 0.4) is 0 Å². The van der Waals surface area contributed by atoms with Gasteiger partial charge in [-0.1, -0.05) is 12.1 Å². The molecule has 0 aliphatic rings. The molecule has 1 aromatic carbocycles. The molecule has 5 heteroatoms. The summed E-state index contributed by atoms with van der Waals surface area (Å²) in [6.45, 7) is 5.05. The van der Waals surface area contributed by atoms with E-state index >= 15 is 0 Å². The number of carbonyl (C=O) groups is 1. The Labute approximate surface area is 113 Å². The maximum Gasteiger partial charge on any atom is 0.258 e. The number of rotatable bonds is 7. The molecular formula is C14H20N2O3. The van der Waals surface area contributed by atoms with Gasteiger partial charge >= 0.3 is 0 Å². The van der Waals surface area contributed by atoms with Crippen LogP contribution in [0.15, 0.2) is 30.9 Å². The van der Waals surface area contributed by atoms with E-state index in [1.807, 2.05) is 0 Å². The minimum Gasteiger partial charge on any atom is -0.494 e. The molecule has 0 saturated heterocycles. The summed E-state index contributed by atoms with van der Waals surface area (Å²) >= 11 is 0. The van der Waals surface area contributed by atoms with Gasteiger partial charge in [-0.15, -0.1) is 6.58 Å². The number of nitrogens with two attached hydrogens (primary N) is 1. The molecule has 1 amide bonds. The van der Waals surface area contributed by atoms with Gasteiger partial charge in [0.2, 0.25) is 0 Å². The van der Waals surface area contributed by atoms with Crippen molar-refractivity contribution in [3.63, 3.8) is 0 Å². The molecule has 0 aliphatic heterocycles. The van der Waals surface area contributed by atoms with Crippen LogP contribution in [0, 0.1) is 0 Å². The van der Waals surface area contributed by atoms with Gasteiger partial charge < -0.3 is 20.1 Å². The van der Waals surface area contributed by atoms with Crippen LogP contribution in [0.1, 0.15) is 10.4 Å². The number of amides is 1. The first-order valence-electron chi connectivity index (χ1n) is 5.97. The third kappa shape index (κ3) is 3.72. The summed E-state index contributed by atoms with van der Waals surface area (Å²) in [6.07, 6.45) is 1.67. The van der Waals surface area contributed by atoms with Crippen molar-refractivity contribution in [1.82, 2.24) is 4.90 Å². The summed E-state index contributed by atoms with van der Waals surface area (Å²) in [5.74, 6) is 0.250. The minimum atomic E-state index is -0.152. The molecule has 0 radical (unpaired) electrons. The third-order valence-electron chi connectivity index (χ3n) is 2.68. The van der Waals surface area contributed by atoms with Gasteiger partial charge in [0.05, 0.1) is 25.0 Å².